The Labute approximate surface area is 187 Å². The summed E-state index contributed by atoms with van der Waals surface area (Å²) in [6.07, 6.45) is 0. The molecule has 1 aliphatic heterocycles. The van der Waals surface area contributed by atoms with E-state index in [1.54, 1.807) is 6.07 Å². The molecule has 0 saturated carbocycles. The Morgan fingerprint density at radius 2 is 1.83 bits per heavy atom. The summed E-state index contributed by atoms with van der Waals surface area (Å²) in [6.45, 7) is 6.61. The third-order valence-electron chi connectivity index (χ3n) is 4.99. The van der Waals surface area contributed by atoms with E-state index >= 15 is 0 Å². The first-order chi connectivity index (χ1) is 14.4. The first-order valence-corrected chi connectivity index (χ1v) is 10.6. The molecular weight excluding hydrogens is 420 g/mol. The highest BCUT2D eigenvalue weighted by Gasteiger charge is 2.33. The minimum absolute atomic E-state index is 0.0667. The predicted molar refractivity (Wildman–Crippen MR) is 124 cm³/mol. The number of carbonyl (C=O) groups excluding carboxylic acids is 1. The van der Waals surface area contributed by atoms with E-state index in [2.05, 4.69) is 5.32 Å². The Hall–Kier alpha value is -2.57. The zero-order valence-corrected chi connectivity index (χ0v) is 19.1. The van der Waals surface area contributed by atoms with Gasteiger partial charge < -0.3 is 19.7 Å². The fourth-order valence-electron chi connectivity index (χ4n) is 3.43. The largest absolute Gasteiger partial charge is 0.490 e. The van der Waals surface area contributed by atoms with Crippen LogP contribution in [0.25, 0.3) is 0 Å². The summed E-state index contributed by atoms with van der Waals surface area (Å²) in [5.41, 5.74) is 2.79. The maximum Gasteiger partial charge on any atom is 0.193 e. The molecule has 0 aromatic heterocycles. The average molecular weight is 445 g/mol. The van der Waals surface area contributed by atoms with Crippen LogP contribution in [0.2, 0.25) is 5.02 Å². The molecule has 0 fully saturated rings. The lowest BCUT2D eigenvalue weighted by Crippen LogP contribution is -2.45. The number of nitrogens with zero attached hydrogens (tertiary/aromatic N) is 1. The van der Waals surface area contributed by atoms with Gasteiger partial charge >= 0.3 is 0 Å². The standard InChI is InChI=1S/C23H25ClN2O3S/c1-5-28-18-13-16(12-17(24)22(18)29-6-2)20-19(14(3)26(4)23(30)25-20)21(27)15-10-8-7-9-11-15/h7-13,20H,5-6H2,1-4H3,(H,25,30). The fraction of sp³-hybridized carbons (Fsp3) is 0.304. The first-order valence-electron chi connectivity index (χ1n) is 9.82. The van der Waals surface area contributed by atoms with Crippen molar-refractivity contribution in [2.45, 2.75) is 26.8 Å². The van der Waals surface area contributed by atoms with Crippen LogP contribution >= 0.6 is 23.8 Å². The summed E-state index contributed by atoms with van der Waals surface area (Å²) in [4.78, 5) is 15.3. The molecule has 2 aromatic carbocycles. The number of Topliss-reactive ketones (excluding diaryl/α,β-unsaturated/α-hetero) is 1. The average Bonchev–Trinajstić information content (AvgIpc) is 2.74. The number of ether oxygens (including phenoxy) is 2. The highest BCUT2D eigenvalue weighted by atomic mass is 35.5. The second-order valence-electron chi connectivity index (χ2n) is 6.83. The van der Waals surface area contributed by atoms with Gasteiger partial charge in [-0.2, -0.15) is 0 Å². The number of hydrogen-bond donors (Lipinski definition) is 1. The van der Waals surface area contributed by atoms with E-state index in [0.717, 1.165) is 11.3 Å². The molecule has 1 heterocycles. The molecule has 0 spiro atoms. The van der Waals surface area contributed by atoms with E-state index in [1.165, 1.54) is 0 Å². The van der Waals surface area contributed by atoms with E-state index in [1.807, 2.05) is 69.1 Å². The highest BCUT2D eigenvalue weighted by molar-refractivity contribution is 7.80. The monoisotopic (exact) mass is 444 g/mol. The van der Waals surface area contributed by atoms with Gasteiger partial charge in [0.2, 0.25) is 0 Å². The molecule has 0 radical (unpaired) electrons. The van der Waals surface area contributed by atoms with E-state index in [9.17, 15) is 4.79 Å². The molecule has 30 heavy (non-hydrogen) atoms. The van der Waals surface area contributed by atoms with Gasteiger partial charge in [-0.1, -0.05) is 41.9 Å². The molecule has 2 aromatic rings. The third-order valence-corrected chi connectivity index (χ3v) is 5.66. The maximum absolute atomic E-state index is 13.5. The van der Waals surface area contributed by atoms with Crippen molar-refractivity contribution in [3.05, 3.63) is 69.9 Å². The predicted octanol–water partition coefficient (Wildman–Crippen LogP) is 5.16. The second-order valence-corrected chi connectivity index (χ2v) is 7.63. The number of carbonyl (C=O) groups is 1. The molecule has 5 nitrogen and oxygen atoms in total. The van der Waals surface area contributed by atoms with Crippen LogP contribution in [0.1, 0.15) is 42.7 Å². The minimum Gasteiger partial charge on any atom is -0.490 e. The molecule has 0 bridgehead atoms. The minimum atomic E-state index is -0.464. The van der Waals surface area contributed by atoms with E-state index in [0.29, 0.717) is 46.0 Å². The van der Waals surface area contributed by atoms with Gasteiger partial charge in [0.25, 0.3) is 0 Å². The quantitative estimate of drug-likeness (QED) is 0.470. The lowest BCUT2D eigenvalue weighted by Gasteiger charge is -2.36. The number of benzene rings is 2. The van der Waals surface area contributed by atoms with Crippen LogP contribution in [0, 0.1) is 0 Å². The Morgan fingerprint density at radius 1 is 1.17 bits per heavy atom. The summed E-state index contributed by atoms with van der Waals surface area (Å²) in [6, 6.07) is 12.4. The van der Waals surface area contributed by atoms with E-state index in [4.69, 9.17) is 33.3 Å². The van der Waals surface area contributed by atoms with Crippen LogP contribution in [-0.2, 0) is 0 Å². The second kappa shape index (κ2) is 9.49. The van der Waals surface area contributed by atoms with Crippen LogP contribution in [-0.4, -0.2) is 36.1 Å². The molecule has 1 aliphatic rings. The zero-order chi connectivity index (χ0) is 21.8. The lowest BCUT2D eigenvalue weighted by molar-refractivity contribution is 0.102. The smallest absolute Gasteiger partial charge is 0.193 e. The van der Waals surface area contributed by atoms with Crippen LogP contribution in [0.15, 0.2) is 53.7 Å². The van der Waals surface area contributed by atoms with Crippen molar-refractivity contribution >= 4 is 34.7 Å². The van der Waals surface area contributed by atoms with Crippen molar-refractivity contribution in [1.82, 2.24) is 10.2 Å². The van der Waals surface area contributed by atoms with E-state index in [-0.39, 0.29) is 5.78 Å². The summed E-state index contributed by atoms with van der Waals surface area (Å²) >= 11 is 12.0. The van der Waals surface area contributed by atoms with Crippen LogP contribution in [0.4, 0.5) is 0 Å². The molecule has 7 heteroatoms. The van der Waals surface area contributed by atoms with Crippen LogP contribution < -0.4 is 14.8 Å². The van der Waals surface area contributed by atoms with Gasteiger partial charge in [0.05, 0.1) is 24.3 Å². The number of hydrogen-bond acceptors (Lipinski definition) is 4. The number of halogens is 1. The Kier molecular flexibility index (Phi) is 7.00. The molecular formula is C23H25ClN2O3S. The van der Waals surface area contributed by atoms with Gasteiger partial charge in [0.1, 0.15) is 0 Å². The number of thiocarbonyl (C=S) groups is 1. The molecule has 158 valence electrons. The van der Waals surface area contributed by atoms with E-state index < -0.39 is 6.04 Å². The molecule has 0 aliphatic carbocycles. The summed E-state index contributed by atoms with van der Waals surface area (Å²) in [5.74, 6) is 0.970. The number of rotatable bonds is 7. The topological polar surface area (TPSA) is 50.8 Å². The summed E-state index contributed by atoms with van der Waals surface area (Å²) in [5, 5.41) is 4.24. The van der Waals surface area contributed by atoms with Gasteiger partial charge in [-0.3, -0.25) is 4.79 Å². The Bertz CT molecular complexity index is 991. The SMILES string of the molecule is CCOc1cc(C2NC(=S)N(C)C(C)=C2C(=O)c2ccccc2)cc(Cl)c1OCC. The molecule has 0 amide bonds. The van der Waals surface area contributed by atoms with Crippen molar-refractivity contribution < 1.29 is 14.3 Å². The molecule has 1 unspecified atom stereocenters. The van der Waals surface area contributed by atoms with Crippen LogP contribution in [0.3, 0.4) is 0 Å². The van der Waals surface area contributed by atoms with Gasteiger partial charge in [0, 0.05) is 23.9 Å². The lowest BCUT2D eigenvalue weighted by atomic mass is 9.89. The third kappa shape index (κ3) is 4.30. The zero-order valence-electron chi connectivity index (χ0n) is 17.5. The fourth-order valence-corrected chi connectivity index (χ4v) is 3.96. The van der Waals surface area contributed by atoms with Crippen molar-refractivity contribution in [1.29, 1.82) is 0 Å². The first kappa shape index (κ1) is 22.1. The molecule has 0 saturated heterocycles. The Morgan fingerprint density at radius 3 is 2.47 bits per heavy atom. The number of ketones is 1. The van der Waals surface area contributed by atoms with Crippen LogP contribution in [0.5, 0.6) is 11.5 Å². The van der Waals surface area contributed by atoms with Gasteiger partial charge in [0.15, 0.2) is 22.4 Å². The van der Waals surface area contributed by atoms with Crippen molar-refractivity contribution in [3.8, 4) is 11.5 Å². The van der Waals surface area contributed by atoms with Crippen molar-refractivity contribution in [2.75, 3.05) is 20.3 Å². The molecule has 1 atom stereocenters. The molecule has 3 rings (SSSR count). The normalized spacial score (nSPS) is 16.4. The van der Waals surface area contributed by atoms with Crippen molar-refractivity contribution in [3.63, 3.8) is 0 Å². The maximum atomic E-state index is 13.5. The van der Waals surface area contributed by atoms with Gasteiger partial charge in [-0.15, -0.1) is 0 Å². The number of allylic oxidation sites excluding steroid dienone is 1. The highest BCUT2D eigenvalue weighted by Crippen LogP contribution is 2.41. The van der Waals surface area contributed by atoms with Gasteiger partial charge in [-0.05, 0) is 50.7 Å². The molecule has 1 N–H and O–H groups in total. The number of nitrogens with one attached hydrogen (secondary N) is 1. The van der Waals surface area contributed by atoms with Crippen molar-refractivity contribution in [2.24, 2.45) is 0 Å². The summed E-state index contributed by atoms with van der Waals surface area (Å²) < 4.78 is 11.5. The summed E-state index contributed by atoms with van der Waals surface area (Å²) in [7, 11) is 1.84. The van der Waals surface area contributed by atoms with Gasteiger partial charge in [-0.25, -0.2) is 0 Å². The Balaban J connectivity index is 2.15.